The lowest BCUT2D eigenvalue weighted by Crippen LogP contribution is -1.70. The van der Waals surface area contributed by atoms with Crippen LogP contribution >= 0.6 is 0 Å². The second-order valence-electron chi connectivity index (χ2n) is 4.69. The molecule has 22 heavy (non-hydrogen) atoms. The Balaban J connectivity index is 0.000000188. The molecule has 0 saturated heterocycles. The van der Waals surface area contributed by atoms with Crippen LogP contribution in [-0.2, 0) is 0 Å². The topological polar surface area (TPSA) is 0 Å². The first kappa shape index (κ1) is 15.5. The Bertz CT molecular complexity index is 638. The Morgan fingerprint density at radius 2 is 1.05 bits per heavy atom. The van der Waals surface area contributed by atoms with Gasteiger partial charge in [0.1, 0.15) is 0 Å². The fraction of sp³-hybridized carbons (Fsp3) is 0. The molecule has 0 unspecified atom stereocenters. The Morgan fingerprint density at radius 3 is 1.50 bits per heavy atom. The largest absolute Gasteiger partial charge is 0.0985 e. The zero-order valence-electron chi connectivity index (χ0n) is 12.5. The minimum absolute atomic E-state index is 1.17. The van der Waals surface area contributed by atoms with E-state index in [9.17, 15) is 0 Å². The molecular weight excluding hydrogens is 264 g/mol. The van der Waals surface area contributed by atoms with E-state index in [1.807, 2.05) is 78.9 Å². The fourth-order valence-corrected chi connectivity index (χ4v) is 1.86. The van der Waals surface area contributed by atoms with Gasteiger partial charge in [-0.05, 0) is 22.8 Å². The van der Waals surface area contributed by atoms with E-state index in [1.165, 1.54) is 16.7 Å². The number of rotatable bonds is 3. The maximum atomic E-state index is 3.63. The molecule has 0 fully saturated rings. The zero-order chi connectivity index (χ0) is 15.5. The SMILES string of the molecule is C=Cc1ccccc1.[c]1ccc(C=Cc2ccccc2)cc1. The highest BCUT2D eigenvalue weighted by molar-refractivity contribution is 5.69. The zero-order valence-corrected chi connectivity index (χ0v) is 12.5. The highest BCUT2D eigenvalue weighted by Crippen LogP contribution is 2.06. The first-order valence-electron chi connectivity index (χ1n) is 7.25. The van der Waals surface area contributed by atoms with Crippen molar-refractivity contribution in [3.63, 3.8) is 0 Å². The summed E-state index contributed by atoms with van der Waals surface area (Å²) in [4.78, 5) is 0. The van der Waals surface area contributed by atoms with Crippen LogP contribution in [0, 0.1) is 6.07 Å². The van der Waals surface area contributed by atoms with Crippen molar-refractivity contribution >= 4 is 18.2 Å². The van der Waals surface area contributed by atoms with Gasteiger partial charge in [0.05, 0.1) is 0 Å². The average Bonchev–Trinajstić information content (AvgIpc) is 2.63. The third kappa shape index (κ3) is 5.64. The minimum Gasteiger partial charge on any atom is -0.0985 e. The monoisotopic (exact) mass is 283 g/mol. The Morgan fingerprint density at radius 1 is 0.591 bits per heavy atom. The van der Waals surface area contributed by atoms with Crippen LogP contribution in [0.15, 0.2) is 91.5 Å². The Hall–Kier alpha value is -2.86. The molecular formula is C22H19. The summed E-state index contributed by atoms with van der Waals surface area (Å²) in [7, 11) is 0. The minimum atomic E-state index is 1.17. The summed E-state index contributed by atoms with van der Waals surface area (Å²) in [6.07, 6.45) is 6.04. The number of benzene rings is 3. The molecule has 0 nitrogen and oxygen atoms in total. The smallest absolute Gasteiger partial charge is 0.0184 e. The molecule has 3 aromatic rings. The molecule has 0 spiro atoms. The summed E-state index contributed by atoms with van der Waals surface area (Å²) in [6, 6.07) is 31.2. The summed E-state index contributed by atoms with van der Waals surface area (Å²) in [5, 5.41) is 0. The van der Waals surface area contributed by atoms with E-state index in [4.69, 9.17) is 0 Å². The third-order valence-corrected chi connectivity index (χ3v) is 3.05. The van der Waals surface area contributed by atoms with Gasteiger partial charge < -0.3 is 0 Å². The first-order valence-corrected chi connectivity index (χ1v) is 7.25. The molecule has 0 aliphatic carbocycles. The molecule has 0 saturated carbocycles. The highest BCUT2D eigenvalue weighted by Gasteiger charge is 1.84. The first-order chi connectivity index (χ1) is 10.9. The lowest BCUT2D eigenvalue weighted by Gasteiger charge is -1.92. The molecule has 0 bridgehead atoms. The lowest BCUT2D eigenvalue weighted by atomic mass is 10.1. The van der Waals surface area contributed by atoms with Gasteiger partial charge in [-0.15, -0.1) is 0 Å². The maximum absolute atomic E-state index is 3.63. The van der Waals surface area contributed by atoms with Crippen molar-refractivity contribution in [2.75, 3.05) is 0 Å². The maximum Gasteiger partial charge on any atom is -0.0184 e. The standard InChI is InChI=1S/C14H11.C8H8/c1-3-7-13(8-4-1)11-12-14-9-5-2-6-10-14;1-2-8-6-4-3-5-7-8/h1,3-12H;2-7H,1H2. The lowest BCUT2D eigenvalue weighted by molar-refractivity contribution is 1.64. The Labute approximate surface area is 133 Å². The van der Waals surface area contributed by atoms with E-state index in [2.05, 4.69) is 36.9 Å². The molecule has 0 heterocycles. The van der Waals surface area contributed by atoms with Gasteiger partial charge in [-0.1, -0.05) is 110 Å². The van der Waals surface area contributed by atoms with Gasteiger partial charge in [0.25, 0.3) is 0 Å². The molecule has 3 rings (SSSR count). The second kappa shape index (κ2) is 9.15. The van der Waals surface area contributed by atoms with Gasteiger partial charge in [-0.25, -0.2) is 0 Å². The third-order valence-electron chi connectivity index (χ3n) is 3.05. The molecule has 0 N–H and O–H groups in total. The normalized spacial score (nSPS) is 9.82. The van der Waals surface area contributed by atoms with Crippen LogP contribution in [0.1, 0.15) is 16.7 Å². The molecule has 1 radical (unpaired) electrons. The van der Waals surface area contributed by atoms with Crippen molar-refractivity contribution in [1.29, 1.82) is 0 Å². The molecule has 0 heteroatoms. The van der Waals surface area contributed by atoms with Gasteiger partial charge in [0.15, 0.2) is 0 Å². The molecule has 3 aromatic carbocycles. The number of hydrogen-bond donors (Lipinski definition) is 0. The van der Waals surface area contributed by atoms with Gasteiger partial charge >= 0.3 is 0 Å². The van der Waals surface area contributed by atoms with Crippen molar-refractivity contribution in [2.45, 2.75) is 0 Å². The van der Waals surface area contributed by atoms with E-state index in [-0.39, 0.29) is 0 Å². The highest BCUT2D eigenvalue weighted by atomic mass is 13.9. The summed E-state index contributed by atoms with van der Waals surface area (Å²) in [5.74, 6) is 0. The van der Waals surface area contributed by atoms with Crippen LogP contribution in [0.2, 0.25) is 0 Å². The molecule has 107 valence electrons. The average molecular weight is 283 g/mol. The second-order valence-corrected chi connectivity index (χ2v) is 4.69. The summed E-state index contributed by atoms with van der Waals surface area (Å²) < 4.78 is 0. The van der Waals surface area contributed by atoms with Crippen LogP contribution in [-0.4, -0.2) is 0 Å². The molecule has 0 amide bonds. The molecule has 0 aliphatic heterocycles. The van der Waals surface area contributed by atoms with Crippen molar-refractivity contribution in [3.8, 4) is 0 Å². The summed E-state index contributed by atoms with van der Waals surface area (Å²) in [6.45, 7) is 3.63. The van der Waals surface area contributed by atoms with Crippen LogP contribution in [0.25, 0.3) is 18.2 Å². The summed E-state index contributed by atoms with van der Waals surface area (Å²) in [5.41, 5.74) is 3.60. The quantitative estimate of drug-likeness (QED) is 0.518. The van der Waals surface area contributed by atoms with Crippen LogP contribution in [0.4, 0.5) is 0 Å². The van der Waals surface area contributed by atoms with E-state index < -0.39 is 0 Å². The van der Waals surface area contributed by atoms with Crippen LogP contribution in [0.5, 0.6) is 0 Å². The Kier molecular flexibility index (Phi) is 6.45. The van der Waals surface area contributed by atoms with Gasteiger partial charge in [0, 0.05) is 0 Å². The predicted molar refractivity (Wildman–Crippen MR) is 97.2 cm³/mol. The summed E-state index contributed by atoms with van der Waals surface area (Å²) >= 11 is 0. The van der Waals surface area contributed by atoms with Gasteiger partial charge in [-0.3, -0.25) is 0 Å². The van der Waals surface area contributed by atoms with Crippen LogP contribution in [0.3, 0.4) is 0 Å². The fourth-order valence-electron chi connectivity index (χ4n) is 1.86. The predicted octanol–water partition coefficient (Wildman–Crippen LogP) is 5.99. The molecule has 0 atom stereocenters. The van der Waals surface area contributed by atoms with Crippen LogP contribution < -0.4 is 0 Å². The van der Waals surface area contributed by atoms with E-state index in [1.54, 1.807) is 0 Å². The van der Waals surface area contributed by atoms with Crippen molar-refractivity contribution in [3.05, 3.63) is 114 Å². The molecule has 0 aliphatic rings. The number of hydrogen-bond acceptors (Lipinski definition) is 0. The van der Waals surface area contributed by atoms with Gasteiger partial charge in [-0.2, -0.15) is 0 Å². The van der Waals surface area contributed by atoms with E-state index >= 15 is 0 Å². The molecule has 0 aromatic heterocycles. The van der Waals surface area contributed by atoms with Crippen molar-refractivity contribution < 1.29 is 0 Å². The van der Waals surface area contributed by atoms with E-state index in [0.717, 1.165) is 0 Å². The van der Waals surface area contributed by atoms with E-state index in [0.29, 0.717) is 0 Å². The van der Waals surface area contributed by atoms with Crippen molar-refractivity contribution in [2.24, 2.45) is 0 Å². The van der Waals surface area contributed by atoms with Gasteiger partial charge in [0.2, 0.25) is 0 Å². The van der Waals surface area contributed by atoms with Crippen molar-refractivity contribution in [1.82, 2.24) is 0 Å².